The van der Waals surface area contributed by atoms with E-state index in [0.717, 1.165) is 16.8 Å². The van der Waals surface area contributed by atoms with Gasteiger partial charge >= 0.3 is 0 Å². The Morgan fingerprint density at radius 2 is 1.87 bits per heavy atom. The molecule has 114 valence electrons. The molecule has 1 atom stereocenters. The van der Waals surface area contributed by atoms with Crippen molar-refractivity contribution in [2.24, 2.45) is 5.10 Å². The molecule has 1 aliphatic rings. The van der Waals surface area contributed by atoms with Crippen LogP contribution in [0.4, 0.5) is 11.4 Å². The molecule has 0 radical (unpaired) electrons. The molecule has 1 unspecified atom stereocenters. The Morgan fingerprint density at radius 1 is 1.22 bits per heavy atom. The lowest BCUT2D eigenvalue weighted by molar-refractivity contribution is -0.384. The largest absolute Gasteiger partial charge is 0.269 e. The van der Waals surface area contributed by atoms with Gasteiger partial charge in [-0.1, -0.05) is 29.8 Å². The Morgan fingerprint density at radius 3 is 2.43 bits per heavy atom. The molecule has 0 aromatic heterocycles. The van der Waals surface area contributed by atoms with Crippen LogP contribution in [0.15, 0.2) is 53.6 Å². The van der Waals surface area contributed by atoms with Crippen LogP contribution in [0.25, 0.3) is 0 Å². The third kappa shape index (κ3) is 2.90. The summed E-state index contributed by atoms with van der Waals surface area (Å²) in [5, 5.41) is 26.3. The highest BCUT2D eigenvalue weighted by molar-refractivity contribution is 6.03. The summed E-state index contributed by atoms with van der Waals surface area (Å²) in [6, 6.07) is 15.9. The van der Waals surface area contributed by atoms with Crippen LogP contribution in [0.5, 0.6) is 0 Å². The highest BCUT2D eigenvalue weighted by Gasteiger charge is 2.28. The van der Waals surface area contributed by atoms with Crippen LogP contribution < -0.4 is 5.01 Å². The molecule has 2 aromatic rings. The average molecular weight is 306 g/mol. The first-order chi connectivity index (χ1) is 11.1. The number of nitro groups is 1. The lowest BCUT2D eigenvalue weighted by Gasteiger charge is -2.17. The second-order valence-electron chi connectivity index (χ2n) is 5.38. The number of benzene rings is 2. The molecule has 0 saturated heterocycles. The second kappa shape index (κ2) is 5.89. The summed E-state index contributed by atoms with van der Waals surface area (Å²) in [5.74, 6) is 0. The van der Waals surface area contributed by atoms with Gasteiger partial charge in [-0.05, 0) is 24.6 Å². The van der Waals surface area contributed by atoms with Gasteiger partial charge in [0.25, 0.3) is 5.69 Å². The maximum atomic E-state index is 10.7. The van der Waals surface area contributed by atoms with E-state index in [2.05, 4.69) is 11.2 Å². The van der Waals surface area contributed by atoms with Crippen molar-refractivity contribution in [1.82, 2.24) is 0 Å². The summed E-state index contributed by atoms with van der Waals surface area (Å²) >= 11 is 0. The number of nitriles is 1. The van der Waals surface area contributed by atoms with E-state index in [1.165, 1.54) is 12.1 Å². The van der Waals surface area contributed by atoms with Crippen LogP contribution in [0.1, 0.15) is 17.5 Å². The van der Waals surface area contributed by atoms with Crippen molar-refractivity contribution < 1.29 is 4.92 Å². The molecule has 3 rings (SSSR count). The number of rotatable bonds is 3. The molecule has 0 bridgehead atoms. The van der Waals surface area contributed by atoms with Gasteiger partial charge in [0, 0.05) is 18.6 Å². The lowest BCUT2D eigenvalue weighted by atomic mass is 10.0. The SMILES string of the molecule is Cc1ccc(C2=NN(c3ccc([N+](=O)[O-])cc3)C(C#N)C2)cc1. The van der Waals surface area contributed by atoms with Crippen molar-refractivity contribution in [3.8, 4) is 6.07 Å². The van der Waals surface area contributed by atoms with Crippen LogP contribution in [0, 0.1) is 28.4 Å². The summed E-state index contributed by atoms with van der Waals surface area (Å²) in [6.45, 7) is 2.02. The number of nitro benzene ring substituents is 1. The Hall–Kier alpha value is -3.20. The van der Waals surface area contributed by atoms with Gasteiger partial charge < -0.3 is 0 Å². The number of anilines is 1. The molecule has 0 spiro atoms. The topological polar surface area (TPSA) is 82.5 Å². The van der Waals surface area contributed by atoms with Crippen molar-refractivity contribution in [2.75, 3.05) is 5.01 Å². The first-order valence-corrected chi connectivity index (χ1v) is 7.16. The van der Waals surface area contributed by atoms with E-state index < -0.39 is 11.0 Å². The Labute approximate surface area is 133 Å². The molecule has 0 N–H and O–H groups in total. The summed E-state index contributed by atoms with van der Waals surface area (Å²) in [4.78, 5) is 10.3. The summed E-state index contributed by atoms with van der Waals surface area (Å²) in [5.41, 5.74) is 3.68. The van der Waals surface area contributed by atoms with Crippen molar-refractivity contribution in [3.63, 3.8) is 0 Å². The first-order valence-electron chi connectivity index (χ1n) is 7.16. The maximum Gasteiger partial charge on any atom is 0.269 e. The number of hydrogen-bond donors (Lipinski definition) is 0. The Bertz CT molecular complexity index is 804. The van der Waals surface area contributed by atoms with Crippen molar-refractivity contribution in [3.05, 3.63) is 69.8 Å². The normalized spacial score (nSPS) is 16.8. The monoisotopic (exact) mass is 306 g/mol. The van der Waals surface area contributed by atoms with Gasteiger partial charge in [-0.2, -0.15) is 10.4 Å². The third-order valence-corrected chi connectivity index (χ3v) is 3.77. The third-order valence-electron chi connectivity index (χ3n) is 3.77. The van der Waals surface area contributed by atoms with Crippen molar-refractivity contribution >= 4 is 17.1 Å². The number of hydrazone groups is 1. The molecule has 0 saturated carbocycles. The number of aryl methyl sites for hydroxylation is 1. The molecule has 0 aliphatic carbocycles. The van der Waals surface area contributed by atoms with Crippen LogP contribution in [0.3, 0.4) is 0 Å². The van der Waals surface area contributed by atoms with E-state index >= 15 is 0 Å². The molecule has 6 nitrogen and oxygen atoms in total. The van der Waals surface area contributed by atoms with E-state index in [1.807, 2.05) is 31.2 Å². The molecule has 23 heavy (non-hydrogen) atoms. The minimum Gasteiger partial charge on any atom is -0.258 e. The van der Waals surface area contributed by atoms with E-state index in [0.29, 0.717) is 12.1 Å². The minimum atomic E-state index is -0.448. The van der Waals surface area contributed by atoms with Gasteiger partial charge in [0.2, 0.25) is 0 Å². The van der Waals surface area contributed by atoms with Gasteiger partial charge in [-0.25, -0.2) is 5.01 Å². The van der Waals surface area contributed by atoms with Gasteiger partial charge in [-0.15, -0.1) is 0 Å². The zero-order valence-electron chi connectivity index (χ0n) is 12.5. The zero-order valence-corrected chi connectivity index (χ0v) is 12.5. The van der Waals surface area contributed by atoms with Crippen LogP contribution >= 0.6 is 0 Å². The summed E-state index contributed by atoms with van der Waals surface area (Å²) < 4.78 is 0. The molecule has 0 amide bonds. The molecular weight excluding hydrogens is 292 g/mol. The quantitative estimate of drug-likeness (QED) is 0.642. The fourth-order valence-corrected chi connectivity index (χ4v) is 2.50. The molecule has 2 aromatic carbocycles. The maximum absolute atomic E-state index is 10.7. The number of nitrogens with zero attached hydrogens (tertiary/aromatic N) is 4. The predicted molar refractivity (Wildman–Crippen MR) is 87.3 cm³/mol. The van der Waals surface area contributed by atoms with Crippen LogP contribution in [-0.2, 0) is 0 Å². The van der Waals surface area contributed by atoms with Crippen LogP contribution in [-0.4, -0.2) is 16.7 Å². The summed E-state index contributed by atoms with van der Waals surface area (Å²) in [6.07, 6.45) is 0.524. The molecular formula is C17H14N4O2. The smallest absolute Gasteiger partial charge is 0.258 e. The molecule has 1 aliphatic heterocycles. The summed E-state index contributed by atoms with van der Waals surface area (Å²) in [7, 11) is 0. The molecule has 1 heterocycles. The lowest BCUT2D eigenvalue weighted by Crippen LogP contribution is -2.24. The predicted octanol–water partition coefficient (Wildman–Crippen LogP) is 3.41. The molecule has 6 heteroatoms. The second-order valence-corrected chi connectivity index (χ2v) is 5.38. The van der Waals surface area contributed by atoms with Gasteiger partial charge in [0.1, 0.15) is 6.04 Å². The fourth-order valence-electron chi connectivity index (χ4n) is 2.50. The number of hydrogen-bond acceptors (Lipinski definition) is 5. The van der Waals surface area contributed by atoms with Crippen molar-refractivity contribution in [2.45, 2.75) is 19.4 Å². The Kier molecular flexibility index (Phi) is 3.77. The highest BCUT2D eigenvalue weighted by atomic mass is 16.6. The van der Waals surface area contributed by atoms with E-state index in [4.69, 9.17) is 0 Å². The van der Waals surface area contributed by atoms with Gasteiger partial charge in [-0.3, -0.25) is 10.1 Å². The van der Waals surface area contributed by atoms with Crippen molar-refractivity contribution in [1.29, 1.82) is 5.26 Å². The highest BCUT2D eigenvalue weighted by Crippen LogP contribution is 2.28. The zero-order chi connectivity index (χ0) is 16.4. The van der Waals surface area contributed by atoms with E-state index in [-0.39, 0.29) is 5.69 Å². The van der Waals surface area contributed by atoms with E-state index in [1.54, 1.807) is 17.1 Å². The number of non-ortho nitro benzene ring substituents is 1. The van der Waals surface area contributed by atoms with Gasteiger partial charge in [0.15, 0.2) is 0 Å². The minimum absolute atomic E-state index is 0.0178. The van der Waals surface area contributed by atoms with E-state index in [9.17, 15) is 15.4 Å². The average Bonchev–Trinajstić information content (AvgIpc) is 3.00. The van der Waals surface area contributed by atoms with Gasteiger partial charge in [0.05, 0.1) is 22.4 Å². The molecule has 0 fully saturated rings. The standard InChI is InChI=1S/C17H14N4O2/c1-12-2-4-13(5-3-12)17-10-16(11-18)20(19-17)14-6-8-15(9-7-14)21(22)23/h2-9,16H,10H2,1H3. The van der Waals surface area contributed by atoms with Crippen LogP contribution in [0.2, 0.25) is 0 Å². The Balaban J connectivity index is 1.92. The fraction of sp³-hybridized carbons (Fsp3) is 0.176. The first kappa shape index (κ1) is 14.7.